The third-order valence-electron chi connectivity index (χ3n) is 4.03. The number of non-ortho nitro benzene ring substituents is 1. The van der Waals surface area contributed by atoms with Gasteiger partial charge in [0.05, 0.1) is 9.82 Å². The summed E-state index contributed by atoms with van der Waals surface area (Å²) in [5, 5.41) is 14.2. The number of nitrogens with one attached hydrogen (secondary N) is 2. The standard InChI is InChI=1S/C14H22N4O4S.2ClH/c1-11-9-13(18(19)20)10-14(12(11)2)23(21,22)16-5-8-17-6-3-15-4-7-17;;/h9-10,15-16H,3-8H2,1-2H3;2*1H. The second-order valence-corrected chi connectivity index (χ2v) is 7.37. The summed E-state index contributed by atoms with van der Waals surface area (Å²) < 4.78 is 27.5. The number of hydrogen-bond donors (Lipinski definition) is 2. The lowest BCUT2D eigenvalue weighted by Gasteiger charge is -2.27. The molecule has 1 heterocycles. The molecule has 0 aliphatic carbocycles. The van der Waals surface area contributed by atoms with E-state index in [1.165, 1.54) is 6.07 Å². The van der Waals surface area contributed by atoms with Gasteiger partial charge in [0.2, 0.25) is 10.0 Å². The minimum atomic E-state index is -3.77. The maximum absolute atomic E-state index is 12.5. The molecule has 1 fully saturated rings. The summed E-state index contributed by atoms with van der Waals surface area (Å²) >= 11 is 0. The topological polar surface area (TPSA) is 105 Å². The molecule has 0 radical (unpaired) electrons. The molecule has 1 saturated heterocycles. The van der Waals surface area contributed by atoms with Crippen LogP contribution in [0.2, 0.25) is 0 Å². The molecule has 1 aromatic carbocycles. The van der Waals surface area contributed by atoms with Gasteiger partial charge in [0, 0.05) is 51.4 Å². The van der Waals surface area contributed by atoms with E-state index in [-0.39, 0.29) is 41.9 Å². The van der Waals surface area contributed by atoms with Crippen LogP contribution < -0.4 is 10.0 Å². The van der Waals surface area contributed by atoms with Crippen LogP contribution >= 0.6 is 24.8 Å². The van der Waals surface area contributed by atoms with E-state index in [0.717, 1.165) is 32.2 Å². The van der Waals surface area contributed by atoms with E-state index in [1.807, 2.05) is 0 Å². The lowest BCUT2D eigenvalue weighted by Crippen LogP contribution is -2.46. The quantitative estimate of drug-likeness (QED) is 0.535. The molecular formula is C14H24Cl2N4O4S. The van der Waals surface area contributed by atoms with Gasteiger partial charge in [-0.2, -0.15) is 0 Å². The highest BCUT2D eigenvalue weighted by Gasteiger charge is 2.22. The van der Waals surface area contributed by atoms with Crippen molar-refractivity contribution in [1.29, 1.82) is 0 Å². The van der Waals surface area contributed by atoms with Crippen LogP contribution in [0, 0.1) is 24.0 Å². The Kier molecular flexibility index (Phi) is 9.85. The maximum atomic E-state index is 12.5. The highest BCUT2D eigenvalue weighted by molar-refractivity contribution is 7.89. The number of benzene rings is 1. The molecule has 1 aromatic rings. The molecule has 11 heteroatoms. The first-order chi connectivity index (χ1) is 10.8. The van der Waals surface area contributed by atoms with E-state index < -0.39 is 14.9 Å². The lowest BCUT2D eigenvalue weighted by atomic mass is 10.1. The van der Waals surface area contributed by atoms with E-state index in [9.17, 15) is 18.5 Å². The first-order valence-electron chi connectivity index (χ1n) is 7.49. The van der Waals surface area contributed by atoms with Gasteiger partial charge < -0.3 is 5.32 Å². The van der Waals surface area contributed by atoms with Gasteiger partial charge in [-0.25, -0.2) is 13.1 Å². The van der Waals surface area contributed by atoms with Crippen molar-refractivity contribution in [3.63, 3.8) is 0 Å². The van der Waals surface area contributed by atoms with E-state index in [2.05, 4.69) is 14.9 Å². The molecule has 2 rings (SSSR count). The molecule has 2 N–H and O–H groups in total. The molecule has 0 unspecified atom stereocenters. The van der Waals surface area contributed by atoms with Gasteiger partial charge in [-0.05, 0) is 25.0 Å². The smallest absolute Gasteiger partial charge is 0.271 e. The van der Waals surface area contributed by atoms with E-state index in [1.54, 1.807) is 13.8 Å². The molecule has 0 atom stereocenters. The van der Waals surface area contributed by atoms with Crippen molar-refractivity contribution in [3.8, 4) is 0 Å². The summed E-state index contributed by atoms with van der Waals surface area (Å²) in [5.41, 5.74) is 0.905. The number of aryl methyl sites for hydroxylation is 1. The summed E-state index contributed by atoms with van der Waals surface area (Å²) in [6.45, 7) is 7.79. The molecule has 0 aromatic heterocycles. The second kappa shape index (κ2) is 10.2. The highest BCUT2D eigenvalue weighted by Crippen LogP contribution is 2.25. The first-order valence-corrected chi connectivity index (χ1v) is 8.98. The number of halogens is 2. The van der Waals surface area contributed by atoms with Crippen molar-refractivity contribution in [3.05, 3.63) is 33.4 Å². The lowest BCUT2D eigenvalue weighted by molar-refractivity contribution is -0.385. The van der Waals surface area contributed by atoms with E-state index >= 15 is 0 Å². The van der Waals surface area contributed by atoms with Crippen LogP contribution in [0.25, 0.3) is 0 Å². The number of nitro benzene ring substituents is 1. The summed E-state index contributed by atoms with van der Waals surface area (Å²) in [5.74, 6) is 0. The number of hydrogen-bond acceptors (Lipinski definition) is 6. The van der Waals surface area contributed by atoms with E-state index in [0.29, 0.717) is 17.7 Å². The molecule has 25 heavy (non-hydrogen) atoms. The van der Waals surface area contributed by atoms with Crippen LogP contribution in [-0.2, 0) is 10.0 Å². The Bertz CT molecular complexity index is 694. The Hall–Kier alpha value is -0.970. The molecule has 0 bridgehead atoms. The number of nitrogens with zero attached hydrogens (tertiary/aromatic N) is 2. The summed E-state index contributed by atoms with van der Waals surface area (Å²) in [6.07, 6.45) is 0. The monoisotopic (exact) mass is 414 g/mol. The Balaban J connectivity index is 0.00000288. The minimum Gasteiger partial charge on any atom is -0.314 e. The molecule has 0 spiro atoms. The fraction of sp³-hybridized carbons (Fsp3) is 0.571. The fourth-order valence-electron chi connectivity index (χ4n) is 2.54. The van der Waals surface area contributed by atoms with E-state index in [4.69, 9.17) is 0 Å². The zero-order valence-electron chi connectivity index (χ0n) is 14.1. The SMILES string of the molecule is Cc1cc([N+](=O)[O-])cc(S(=O)(=O)NCCN2CCNCC2)c1C.Cl.Cl. The second-order valence-electron chi connectivity index (χ2n) is 5.63. The predicted octanol–water partition coefficient (Wildman–Crippen LogP) is 1.24. The molecule has 0 amide bonds. The Morgan fingerprint density at radius 2 is 1.84 bits per heavy atom. The Labute approximate surface area is 160 Å². The highest BCUT2D eigenvalue weighted by atomic mass is 35.5. The van der Waals surface area contributed by atoms with Crippen LogP contribution in [0.1, 0.15) is 11.1 Å². The van der Waals surface area contributed by atoms with Crippen LogP contribution in [0.3, 0.4) is 0 Å². The zero-order chi connectivity index (χ0) is 17.0. The molecule has 1 aliphatic heterocycles. The Morgan fingerprint density at radius 1 is 1.24 bits per heavy atom. The normalized spacial score (nSPS) is 15.1. The maximum Gasteiger partial charge on any atom is 0.271 e. The van der Waals surface area contributed by atoms with Crippen molar-refractivity contribution in [2.24, 2.45) is 0 Å². The van der Waals surface area contributed by atoms with Gasteiger partial charge in [-0.3, -0.25) is 15.0 Å². The largest absolute Gasteiger partial charge is 0.314 e. The third kappa shape index (κ3) is 6.36. The average Bonchev–Trinajstić information content (AvgIpc) is 2.50. The number of sulfonamides is 1. The average molecular weight is 415 g/mol. The summed E-state index contributed by atoms with van der Waals surface area (Å²) in [4.78, 5) is 12.5. The molecule has 1 aliphatic rings. The summed E-state index contributed by atoms with van der Waals surface area (Å²) in [7, 11) is -3.77. The van der Waals surface area contributed by atoms with Crippen LogP contribution in [0.4, 0.5) is 5.69 Å². The van der Waals surface area contributed by atoms with Crippen LogP contribution in [-0.4, -0.2) is 57.5 Å². The van der Waals surface area contributed by atoms with Gasteiger partial charge in [0.25, 0.3) is 5.69 Å². The molecule has 144 valence electrons. The number of piperazine rings is 1. The van der Waals surface area contributed by atoms with Gasteiger partial charge in [0.1, 0.15) is 0 Å². The summed E-state index contributed by atoms with van der Waals surface area (Å²) in [6, 6.07) is 2.50. The minimum absolute atomic E-state index is 0. The number of nitro groups is 1. The van der Waals surface area contributed by atoms with Crippen molar-refractivity contribution in [2.75, 3.05) is 39.3 Å². The van der Waals surface area contributed by atoms with Crippen LogP contribution in [0.5, 0.6) is 0 Å². The van der Waals surface area contributed by atoms with Crippen molar-refractivity contribution >= 4 is 40.5 Å². The predicted molar refractivity (Wildman–Crippen MR) is 102 cm³/mol. The number of rotatable bonds is 6. The Morgan fingerprint density at radius 3 is 2.40 bits per heavy atom. The van der Waals surface area contributed by atoms with Gasteiger partial charge in [0.15, 0.2) is 0 Å². The van der Waals surface area contributed by atoms with Crippen LogP contribution in [0.15, 0.2) is 17.0 Å². The van der Waals surface area contributed by atoms with Gasteiger partial charge >= 0.3 is 0 Å². The molecule has 0 saturated carbocycles. The zero-order valence-corrected chi connectivity index (χ0v) is 16.6. The third-order valence-corrected chi connectivity index (χ3v) is 5.62. The van der Waals surface area contributed by atoms with Gasteiger partial charge in [-0.15, -0.1) is 24.8 Å². The molecular weight excluding hydrogens is 391 g/mol. The first kappa shape index (κ1) is 24.0. The fourth-order valence-corrected chi connectivity index (χ4v) is 3.90. The van der Waals surface area contributed by atoms with Crippen molar-refractivity contribution in [2.45, 2.75) is 18.7 Å². The van der Waals surface area contributed by atoms with Gasteiger partial charge in [-0.1, -0.05) is 0 Å². The van der Waals surface area contributed by atoms with Crippen molar-refractivity contribution in [1.82, 2.24) is 14.9 Å². The van der Waals surface area contributed by atoms with Crippen molar-refractivity contribution < 1.29 is 13.3 Å². The molecule has 8 nitrogen and oxygen atoms in total.